The van der Waals surface area contributed by atoms with Gasteiger partial charge in [-0.2, -0.15) is 0 Å². The van der Waals surface area contributed by atoms with Crippen LogP contribution < -0.4 is 0 Å². The first-order valence-electron chi connectivity index (χ1n) is 14.2. The molecule has 1 aromatic heterocycles. The molecule has 0 aliphatic heterocycles. The molecule has 8 aromatic rings. The average Bonchev–Trinajstić information content (AvgIpc) is 3.38. The summed E-state index contributed by atoms with van der Waals surface area (Å²) in [4.78, 5) is 0. The molecule has 0 unspecified atom stereocenters. The Labute approximate surface area is 239 Å². The van der Waals surface area contributed by atoms with Crippen LogP contribution in [0.15, 0.2) is 138 Å². The van der Waals surface area contributed by atoms with Crippen LogP contribution in [0, 0.1) is 13.8 Å². The van der Waals surface area contributed by atoms with Gasteiger partial charge in [0.25, 0.3) is 0 Å². The fraction of sp³-hybridized carbons (Fsp3) is 0.0500. The highest BCUT2D eigenvalue weighted by atomic mass is 16.3. The molecule has 0 aliphatic carbocycles. The Balaban J connectivity index is 1.34. The molecule has 0 saturated heterocycles. The smallest absolute Gasteiger partial charge is 0.135 e. The lowest BCUT2D eigenvalue weighted by molar-refractivity contribution is 0.669. The molecule has 0 amide bonds. The van der Waals surface area contributed by atoms with Crippen molar-refractivity contribution < 1.29 is 4.42 Å². The summed E-state index contributed by atoms with van der Waals surface area (Å²) in [6.45, 7) is 4.37. The Bertz CT molecular complexity index is 2250. The van der Waals surface area contributed by atoms with Gasteiger partial charge in [0.05, 0.1) is 0 Å². The molecule has 194 valence electrons. The van der Waals surface area contributed by atoms with Crippen molar-refractivity contribution in [1.82, 2.24) is 0 Å². The van der Waals surface area contributed by atoms with E-state index in [1.807, 2.05) is 12.1 Å². The number of rotatable bonds is 3. The first-order chi connectivity index (χ1) is 20.1. The maximum absolute atomic E-state index is 6.06. The number of benzene rings is 7. The van der Waals surface area contributed by atoms with Crippen molar-refractivity contribution in [2.75, 3.05) is 0 Å². The van der Waals surface area contributed by atoms with E-state index in [2.05, 4.69) is 135 Å². The molecule has 0 radical (unpaired) electrons. The van der Waals surface area contributed by atoms with E-state index in [0.717, 1.165) is 21.9 Å². The highest BCUT2D eigenvalue weighted by Crippen LogP contribution is 2.44. The van der Waals surface area contributed by atoms with Gasteiger partial charge in [-0.05, 0) is 87.0 Å². The van der Waals surface area contributed by atoms with E-state index in [4.69, 9.17) is 4.42 Å². The third kappa shape index (κ3) is 3.85. The molecule has 1 nitrogen and oxygen atoms in total. The van der Waals surface area contributed by atoms with Crippen LogP contribution in [-0.4, -0.2) is 0 Å². The highest BCUT2D eigenvalue weighted by Gasteiger charge is 2.17. The number of hydrogen-bond donors (Lipinski definition) is 0. The standard InChI is InChI=1S/C40H28O/c1-25-13-20-33-35(22-25)39(28-8-4-3-5-9-28)32-19-12-26(2)23-36(32)40(33)29-16-14-27(15-17-29)30-18-21-38-34(24-30)31-10-6-7-11-37(31)41-38/h3-24H,1-2H3. The number of aryl methyl sites for hydroxylation is 2. The SMILES string of the molecule is Cc1ccc2c(-c3ccc(-c4ccc5oc6ccccc6c5c4)cc3)c3cc(C)ccc3c(-c3ccccc3)c2c1. The Morgan fingerprint density at radius 1 is 0.341 bits per heavy atom. The average molecular weight is 525 g/mol. The van der Waals surface area contributed by atoms with Crippen molar-refractivity contribution in [1.29, 1.82) is 0 Å². The fourth-order valence-corrected chi connectivity index (χ4v) is 6.42. The summed E-state index contributed by atoms with van der Waals surface area (Å²) in [5, 5.41) is 7.47. The molecular weight excluding hydrogens is 496 g/mol. The maximum Gasteiger partial charge on any atom is 0.135 e. The number of hydrogen-bond acceptors (Lipinski definition) is 1. The molecule has 0 N–H and O–H groups in total. The van der Waals surface area contributed by atoms with Gasteiger partial charge in [0.1, 0.15) is 11.2 Å². The second-order valence-electron chi connectivity index (χ2n) is 11.1. The van der Waals surface area contributed by atoms with E-state index >= 15 is 0 Å². The van der Waals surface area contributed by atoms with Crippen molar-refractivity contribution in [3.05, 3.63) is 145 Å². The quantitative estimate of drug-likeness (QED) is 0.210. The van der Waals surface area contributed by atoms with E-state index in [9.17, 15) is 0 Å². The lowest BCUT2D eigenvalue weighted by Gasteiger charge is -2.19. The molecule has 1 heterocycles. The van der Waals surface area contributed by atoms with Crippen molar-refractivity contribution in [3.8, 4) is 33.4 Å². The Morgan fingerprint density at radius 2 is 0.878 bits per heavy atom. The lowest BCUT2D eigenvalue weighted by Crippen LogP contribution is -1.92. The van der Waals surface area contributed by atoms with Crippen molar-refractivity contribution in [3.63, 3.8) is 0 Å². The topological polar surface area (TPSA) is 13.1 Å². The van der Waals surface area contributed by atoms with Crippen LogP contribution in [0.1, 0.15) is 11.1 Å². The summed E-state index contributed by atoms with van der Waals surface area (Å²) in [5.74, 6) is 0. The van der Waals surface area contributed by atoms with Crippen LogP contribution in [0.3, 0.4) is 0 Å². The van der Waals surface area contributed by atoms with Crippen LogP contribution >= 0.6 is 0 Å². The summed E-state index contributed by atoms with van der Waals surface area (Å²) in [6.07, 6.45) is 0. The molecule has 0 saturated carbocycles. The zero-order chi connectivity index (χ0) is 27.5. The minimum Gasteiger partial charge on any atom is -0.456 e. The minimum atomic E-state index is 0.925. The van der Waals surface area contributed by atoms with Gasteiger partial charge in [0.15, 0.2) is 0 Å². The first-order valence-corrected chi connectivity index (χ1v) is 14.2. The summed E-state index contributed by atoms with van der Waals surface area (Å²) < 4.78 is 6.06. The third-order valence-electron chi connectivity index (χ3n) is 8.37. The Hall–Kier alpha value is -5.14. The summed E-state index contributed by atoms with van der Waals surface area (Å²) >= 11 is 0. The summed E-state index contributed by atoms with van der Waals surface area (Å²) in [7, 11) is 0. The zero-order valence-corrected chi connectivity index (χ0v) is 23.1. The van der Waals surface area contributed by atoms with Gasteiger partial charge in [-0.25, -0.2) is 0 Å². The molecule has 0 spiro atoms. The first kappa shape index (κ1) is 23.7. The van der Waals surface area contributed by atoms with Gasteiger partial charge >= 0.3 is 0 Å². The van der Waals surface area contributed by atoms with Crippen LogP contribution in [-0.2, 0) is 0 Å². The Kier molecular flexibility index (Phi) is 5.33. The number of furan rings is 1. The second kappa shape index (κ2) is 9.21. The predicted octanol–water partition coefficient (Wildman–Crippen LogP) is 11.5. The highest BCUT2D eigenvalue weighted by molar-refractivity contribution is 6.21. The molecule has 0 aliphatic rings. The minimum absolute atomic E-state index is 0.925. The van der Waals surface area contributed by atoms with E-state index in [1.54, 1.807) is 0 Å². The van der Waals surface area contributed by atoms with E-state index in [1.165, 1.54) is 66.1 Å². The van der Waals surface area contributed by atoms with Gasteiger partial charge < -0.3 is 4.42 Å². The fourth-order valence-electron chi connectivity index (χ4n) is 6.42. The molecule has 7 aromatic carbocycles. The molecule has 0 bridgehead atoms. The van der Waals surface area contributed by atoms with E-state index < -0.39 is 0 Å². The molecule has 0 atom stereocenters. The predicted molar refractivity (Wildman–Crippen MR) is 175 cm³/mol. The van der Waals surface area contributed by atoms with Crippen molar-refractivity contribution in [2.45, 2.75) is 13.8 Å². The van der Waals surface area contributed by atoms with Gasteiger partial charge in [0.2, 0.25) is 0 Å². The van der Waals surface area contributed by atoms with Crippen LogP contribution in [0.25, 0.3) is 76.9 Å². The number of para-hydroxylation sites is 1. The van der Waals surface area contributed by atoms with Crippen LogP contribution in [0.2, 0.25) is 0 Å². The van der Waals surface area contributed by atoms with Gasteiger partial charge in [-0.3, -0.25) is 0 Å². The normalized spacial score (nSPS) is 11.7. The van der Waals surface area contributed by atoms with Crippen molar-refractivity contribution >= 4 is 43.5 Å². The molecule has 0 fully saturated rings. The molecule has 1 heteroatoms. The summed E-state index contributed by atoms with van der Waals surface area (Å²) in [6, 6.07) is 48.4. The molecule has 8 rings (SSSR count). The van der Waals surface area contributed by atoms with Gasteiger partial charge in [0, 0.05) is 10.8 Å². The number of fused-ring (bicyclic) bond motifs is 5. The maximum atomic E-state index is 6.06. The van der Waals surface area contributed by atoms with Gasteiger partial charge in [-0.15, -0.1) is 0 Å². The summed E-state index contributed by atoms with van der Waals surface area (Å²) in [5.41, 5.74) is 11.9. The monoisotopic (exact) mass is 524 g/mol. The van der Waals surface area contributed by atoms with Crippen LogP contribution in [0.5, 0.6) is 0 Å². The largest absolute Gasteiger partial charge is 0.456 e. The lowest BCUT2D eigenvalue weighted by atomic mass is 9.84. The van der Waals surface area contributed by atoms with E-state index in [-0.39, 0.29) is 0 Å². The van der Waals surface area contributed by atoms with Gasteiger partial charge in [-0.1, -0.05) is 126 Å². The molecule has 41 heavy (non-hydrogen) atoms. The van der Waals surface area contributed by atoms with E-state index in [0.29, 0.717) is 0 Å². The third-order valence-corrected chi connectivity index (χ3v) is 8.37. The second-order valence-corrected chi connectivity index (χ2v) is 11.1. The Morgan fingerprint density at radius 3 is 1.56 bits per heavy atom. The van der Waals surface area contributed by atoms with Crippen LogP contribution in [0.4, 0.5) is 0 Å². The van der Waals surface area contributed by atoms with Crippen molar-refractivity contribution in [2.24, 2.45) is 0 Å². The zero-order valence-electron chi connectivity index (χ0n) is 23.1. The molecular formula is C40H28O.